The van der Waals surface area contributed by atoms with Crippen LogP contribution in [-0.2, 0) is 16.0 Å². The molecule has 0 saturated heterocycles. The first kappa shape index (κ1) is 26.3. The number of rotatable bonds is 10. The van der Waals surface area contributed by atoms with E-state index in [1.54, 1.807) is 18.2 Å². The Hall–Kier alpha value is -3.78. The second-order valence-electron chi connectivity index (χ2n) is 8.24. The maximum Gasteiger partial charge on any atom is 0.265 e. The molecule has 192 valence electrons. The van der Waals surface area contributed by atoms with Gasteiger partial charge in [0.15, 0.2) is 11.5 Å². The lowest BCUT2D eigenvalue weighted by atomic mass is 10.1. The number of nitrogens with one attached hydrogen (secondary N) is 1. The van der Waals surface area contributed by atoms with E-state index in [9.17, 15) is 14.0 Å². The summed E-state index contributed by atoms with van der Waals surface area (Å²) in [7, 11) is 0. The highest BCUT2D eigenvalue weighted by atomic mass is 32.2. The van der Waals surface area contributed by atoms with Crippen molar-refractivity contribution in [2.24, 2.45) is 0 Å². The predicted octanol–water partition coefficient (Wildman–Crippen LogP) is 5.46. The van der Waals surface area contributed by atoms with Crippen LogP contribution in [0.4, 0.5) is 10.1 Å². The fraction of sp³-hybridized carbons (Fsp3) is 0.241. The van der Waals surface area contributed by atoms with Gasteiger partial charge in [0.1, 0.15) is 12.4 Å². The van der Waals surface area contributed by atoms with Gasteiger partial charge in [-0.05, 0) is 62.2 Å². The third-order valence-corrected chi connectivity index (χ3v) is 6.75. The maximum atomic E-state index is 14.2. The normalized spacial score (nSPS) is 13.9. The molecular weight excluding hydrogens is 491 g/mol. The fourth-order valence-corrected chi connectivity index (χ4v) is 5.00. The van der Waals surface area contributed by atoms with E-state index in [0.29, 0.717) is 53.8 Å². The van der Waals surface area contributed by atoms with Crippen molar-refractivity contribution in [3.05, 3.63) is 88.6 Å². The minimum absolute atomic E-state index is 0.140. The molecule has 2 amide bonds. The number of carbonyl (C=O) groups excluding carboxylic acids is 2. The van der Waals surface area contributed by atoms with Crippen molar-refractivity contribution in [1.29, 1.82) is 0 Å². The van der Waals surface area contributed by atoms with Crippen molar-refractivity contribution in [2.75, 3.05) is 31.2 Å². The van der Waals surface area contributed by atoms with Gasteiger partial charge >= 0.3 is 0 Å². The highest BCUT2D eigenvalue weighted by Crippen LogP contribution is 2.42. The molecule has 0 atom stereocenters. The lowest BCUT2D eigenvalue weighted by Gasteiger charge is -2.29. The van der Waals surface area contributed by atoms with Crippen molar-refractivity contribution in [3.63, 3.8) is 0 Å². The minimum atomic E-state index is -0.409. The van der Waals surface area contributed by atoms with Gasteiger partial charge < -0.3 is 14.8 Å². The van der Waals surface area contributed by atoms with Crippen molar-refractivity contribution >= 4 is 35.3 Å². The topological polar surface area (TPSA) is 67.9 Å². The molecule has 37 heavy (non-hydrogen) atoms. The van der Waals surface area contributed by atoms with Crippen LogP contribution < -0.4 is 19.7 Å². The average molecular weight is 521 g/mol. The number of fused-ring (bicyclic) bond motifs is 1. The third-order valence-electron chi connectivity index (χ3n) is 5.67. The van der Waals surface area contributed by atoms with Crippen LogP contribution in [0.1, 0.15) is 25.0 Å². The number of thioether (sulfide) groups is 1. The van der Waals surface area contributed by atoms with E-state index in [1.165, 1.54) is 28.8 Å². The smallest absolute Gasteiger partial charge is 0.265 e. The molecule has 0 aliphatic carbocycles. The van der Waals surface area contributed by atoms with Crippen LogP contribution in [0.2, 0.25) is 0 Å². The summed E-state index contributed by atoms with van der Waals surface area (Å²) in [5, 5.41) is 2.90. The summed E-state index contributed by atoms with van der Waals surface area (Å²) >= 11 is 1.27. The number of amides is 2. The molecule has 6 nitrogen and oxygen atoms in total. The van der Waals surface area contributed by atoms with Crippen molar-refractivity contribution < 1.29 is 23.5 Å². The summed E-state index contributed by atoms with van der Waals surface area (Å²) in [5.74, 6) is 0.339. The van der Waals surface area contributed by atoms with Gasteiger partial charge in [-0.25, -0.2) is 4.39 Å². The summed E-state index contributed by atoms with van der Waals surface area (Å²) < 4.78 is 25.5. The number of nitrogens with zero attached hydrogens (tertiary/aromatic N) is 1. The van der Waals surface area contributed by atoms with E-state index in [-0.39, 0.29) is 18.4 Å². The molecule has 0 fully saturated rings. The van der Waals surface area contributed by atoms with E-state index >= 15 is 0 Å². The average Bonchev–Trinajstić information content (AvgIpc) is 2.89. The van der Waals surface area contributed by atoms with Crippen molar-refractivity contribution in [1.82, 2.24) is 5.32 Å². The van der Waals surface area contributed by atoms with Crippen LogP contribution in [0.25, 0.3) is 6.08 Å². The molecule has 0 aromatic heterocycles. The SMILES string of the molecule is CCOc1ccc(CCNC(=O)CN2C(=O)C(=Cc3ccccc3F)Sc3ccccc32)cc1OCC. The molecule has 1 N–H and O–H groups in total. The molecule has 0 unspecified atom stereocenters. The predicted molar refractivity (Wildman–Crippen MR) is 145 cm³/mol. The highest BCUT2D eigenvalue weighted by molar-refractivity contribution is 8.04. The molecule has 0 saturated carbocycles. The number of ether oxygens (including phenoxy) is 2. The molecule has 1 aliphatic rings. The summed E-state index contributed by atoms with van der Waals surface area (Å²) in [5.41, 5.74) is 1.98. The quantitative estimate of drug-likeness (QED) is 0.360. The summed E-state index contributed by atoms with van der Waals surface area (Å²) in [4.78, 5) is 28.8. The number of carbonyl (C=O) groups is 2. The van der Waals surface area contributed by atoms with Gasteiger partial charge in [0.2, 0.25) is 5.91 Å². The largest absolute Gasteiger partial charge is 0.490 e. The number of anilines is 1. The summed E-state index contributed by atoms with van der Waals surface area (Å²) in [6, 6.07) is 19.4. The van der Waals surface area contributed by atoms with E-state index in [4.69, 9.17) is 9.47 Å². The van der Waals surface area contributed by atoms with Gasteiger partial charge in [-0.2, -0.15) is 0 Å². The van der Waals surface area contributed by atoms with Gasteiger partial charge in [0, 0.05) is 17.0 Å². The number of para-hydroxylation sites is 1. The lowest BCUT2D eigenvalue weighted by Crippen LogP contribution is -2.43. The molecule has 8 heteroatoms. The van der Waals surface area contributed by atoms with Crippen molar-refractivity contribution in [3.8, 4) is 11.5 Å². The van der Waals surface area contributed by atoms with E-state index in [2.05, 4.69) is 5.32 Å². The number of hydrogen-bond acceptors (Lipinski definition) is 5. The Balaban J connectivity index is 1.44. The molecule has 4 rings (SSSR count). The number of hydrogen-bond donors (Lipinski definition) is 1. The second kappa shape index (κ2) is 12.5. The van der Waals surface area contributed by atoms with Crippen LogP contribution in [0.15, 0.2) is 76.5 Å². The molecule has 3 aromatic carbocycles. The summed E-state index contributed by atoms with van der Waals surface area (Å²) in [6.45, 7) is 5.16. The molecular formula is C29H29FN2O4S. The molecule has 0 radical (unpaired) electrons. The number of halogens is 1. The Morgan fingerprint density at radius 3 is 2.51 bits per heavy atom. The second-order valence-corrected chi connectivity index (χ2v) is 9.32. The Kier molecular flexibility index (Phi) is 8.85. The maximum absolute atomic E-state index is 14.2. The van der Waals surface area contributed by atoms with Crippen LogP contribution in [-0.4, -0.2) is 38.1 Å². The van der Waals surface area contributed by atoms with Crippen LogP contribution in [0.3, 0.4) is 0 Å². The Morgan fingerprint density at radius 1 is 1.00 bits per heavy atom. The van der Waals surface area contributed by atoms with Crippen molar-refractivity contribution in [2.45, 2.75) is 25.2 Å². The van der Waals surface area contributed by atoms with Gasteiger partial charge in [-0.1, -0.05) is 48.2 Å². The Morgan fingerprint density at radius 2 is 1.73 bits per heavy atom. The van der Waals surface area contributed by atoms with E-state index in [1.807, 2.05) is 56.3 Å². The monoisotopic (exact) mass is 520 g/mol. The van der Waals surface area contributed by atoms with Gasteiger partial charge in [0.25, 0.3) is 5.91 Å². The zero-order valence-corrected chi connectivity index (χ0v) is 21.6. The Bertz CT molecular complexity index is 1310. The van der Waals surface area contributed by atoms with Crippen LogP contribution >= 0.6 is 11.8 Å². The molecule has 3 aromatic rings. The van der Waals surface area contributed by atoms with E-state index < -0.39 is 5.82 Å². The molecule has 0 spiro atoms. The highest BCUT2D eigenvalue weighted by Gasteiger charge is 2.30. The third kappa shape index (κ3) is 6.51. The van der Waals surface area contributed by atoms with Crippen LogP contribution in [0.5, 0.6) is 11.5 Å². The van der Waals surface area contributed by atoms with Gasteiger partial charge in [-0.3, -0.25) is 14.5 Å². The van der Waals surface area contributed by atoms with Gasteiger partial charge in [0.05, 0.1) is 23.8 Å². The standard InChI is InChI=1S/C29H29FN2O4S/c1-3-35-24-14-13-20(17-25(24)36-4-2)15-16-31-28(33)19-32-23-11-7-8-12-26(23)37-27(29(32)34)18-21-9-5-6-10-22(21)30/h5-14,17-18H,3-4,15-16,19H2,1-2H3,(H,31,33). The first-order valence-electron chi connectivity index (χ1n) is 12.2. The van der Waals surface area contributed by atoms with E-state index in [0.717, 1.165) is 10.5 Å². The Labute approximate surface area is 220 Å². The number of benzene rings is 3. The van der Waals surface area contributed by atoms with Gasteiger partial charge in [-0.15, -0.1) is 0 Å². The molecule has 1 aliphatic heterocycles. The minimum Gasteiger partial charge on any atom is -0.490 e. The zero-order valence-electron chi connectivity index (χ0n) is 20.8. The molecule has 0 bridgehead atoms. The zero-order chi connectivity index (χ0) is 26.2. The molecule has 1 heterocycles. The first-order chi connectivity index (χ1) is 18.0. The first-order valence-corrected chi connectivity index (χ1v) is 13.0. The fourth-order valence-electron chi connectivity index (χ4n) is 3.95. The van der Waals surface area contributed by atoms with Crippen LogP contribution in [0, 0.1) is 5.82 Å². The summed E-state index contributed by atoms with van der Waals surface area (Å²) in [6.07, 6.45) is 2.13. The lowest BCUT2D eigenvalue weighted by molar-refractivity contribution is -0.122.